The van der Waals surface area contributed by atoms with Crippen molar-refractivity contribution in [2.45, 2.75) is 11.9 Å². The van der Waals surface area contributed by atoms with Crippen molar-refractivity contribution in [3.05, 3.63) is 60.2 Å². The van der Waals surface area contributed by atoms with E-state index in [-0.39, 0.29) is 18.3 Å². The van der Waals surface area contributed by atoms with Crippen LogP contribution in [0.25, 0.3) is 11.3 Å². The smallest absolute Gasteiger partial charge is 0.340 e. The molecule has 3 rings (SSSR count). The van der Waals surface area contributed by atoms with Gasteiger partial charge in [0.15, 0.2) is 0 Å². The molecule has 0 bridgehead atoms. The summed E-state index contributed by atoms with van der Waals surface area (Å²) in [7, 11) is 3.18. The number of ether oxygens (including phenoxy) is 3. The Morgan fingerprint density at radius 1 is 1.00 bits per heavy atom. The van der Waals surface area contributed by atoms with Gasteiger partial charge in [0.25, 0.3) is 0 Å². The zero-order valence-corrected chi connectivity index (χ0v) is 18.8. The number of aromatic nitrogens is 2. The van der Waals surface area contributed by atoms with E-state index in [0.29, 0.717) is 33.5 Å². The van der Waals surface area contributed by atoms with Crippen molar-refractivity contribution in [1.82, 2.24) is 10.2 Å². The Morgan fingerprint density at radius 3 is 2.50 bits per heavy atom. The molecule has 0 aliphatic carbocycles. The molecule has 0 fully saturated rings. The lowest BCUT2D eigenvalue weighted by atomic mass is 10.1. The summed E-state index contributed by atoms with van der Waals surface area (Å²) >= 11 is 1.24. The Morgan fingerprint density at radius 2 is 1.81 bits per heavy atom. The van der Waals surface area contributed by atoms with E-state index in [2.05, 4.69) is 15.5 Å². The van der Waals surface area contributed by atoms with E-state index in [0.717, 1.165) is 5.56 Å². The van der Waals surface area contributed by atoms with E-state index in [1.165, 1.54) is 11.8 Å². The highest BCUT2D eigenvalue weighted by molar-refractivity contribution is 7.99. The van der Waals surface area contributed by atoms with Gasteiger partial charge in [0, 0.05) is 5.56 Å². The number of para-hydroxylation sites is 1. The van der Waals surface area contributed by atoms with Gasteiger partial charge < -0.3 is 19.5 Å². The second kappa shape index (κ2) is 11.1. The summed E-state index contributed by atoms with van der Waals surface area (Å²) in [6.07, 6.45) is 0. The van der Waals surface area contributed by atoms with E-state index < -0.39 is 5.97 Å². The normalized spacial score (nSPS) is 10.3. The maximum Gasteiger partial charge on any atom is 0.340 e. The van der Waals surface area contributed by atoms with Crippen LogP contribution in [-0.4, -0.2) is 48.7 Å². The maximum atomic E-state index is 12.4. The fraction of sp³-hybridized carbons (Fsp3) is 0.217. The standard InChI is InChI=1S/C23H23N3O5S/c1-4-31-23(28)16-7-5-6-8-18(16)24-21(27)14-32-22-12-10-19(25-26-22)17-13-15(29-2)9-11-20(17)30-3/h5-13H,4,14H2,1-3H3,(H,24,27). The van der Waals surface area contributed by atoms with Crippen LogP contribution in [0.3, 0.4) is 0 Å². The minimum Gasteiger partial charge on any atom is -0.497 e. The molecule has 0 aliphatic rings. The highest BCUT2D eigenvalue weighted by atomic mass is 32.2. The number of esters is 1. The summed E-state index contributed by atoms with van der Waals surface area (Å²) in [6, 6.07) is 15.7. The van der Waals surface area contributed by atoms with Crippen molar-refractivity contribution in [1.29, 1.82) is 0 Å². The van der Waals surface area contributed by atoms with Gasteiger partial charge in [0.2, 0.25) is 5.91 Å². The second-order valence-electron chi connectivity index (χ2n) is 6.43. The van der Waals surface area contributed by atoms with Gasteiger partial charge in [-0.15, -0.1) is 10.2 Å². The van der Waals surface area contributed by atoms with E-state index in [1.54, 1.807) is 69.7 Å². The average Bonchev–Trinajstić information content (AvgIpc) is 2.83. The van der Waals surface area contributed by atoms with Crippen LogP contribution in [0.5, 0.6) is 11.5 Å². The van der Waals surface area contributed by atoms with E-state index in [1.807, 2.05) is 6.07 Å². The number of methoxy groups -OCH3 is 2. The monoisotopic (exact) mass is 453 g/mol. The van der Waals surface area contributed by atoms with Crippen LogP contribution in [-0.2, 0) is 9.53 Å². The number of anilines is 1. The number of carbonyl (C=O) groups is 2. The summed E-state index contributed by atoms with van der Waals surface area (Å²) in [5, 5.41) is 11.8. The molecular weight excluding hydrogens is 430 g/mol. The lowest BCUT2D eigenvalue weighted by Gasteiger charge is -2.11. The van der Waals surface area contributed by atoms with Crippen LogP contribution in [0, 0.1) is 0 Å². The van der Waals surface area contributed by atoms with Gasteiger partial charge in [-0.2, -0.15) is 0 Å². The number of hydrogen-bond acceptors (Lipinski definition) is 8. The molecule has 0 unspecified atom stereocenters. The average molecular weight is 454 g/mol. The molecule has 2 aromatic carbocycles. The fourth-order valence-corrected chi connectivity index (χ4v) is 3.47. The number of rotatable bonds is 9. The summed E-state index contributed by atoms with van der Waals surface area (Å²) in [4.78, 5) is 24.4. The van der Waals surface area contributed by atoms with Gasteiger partial charge in [-0.05, 0) is 49.4 Å². The maximum absolute atomic E-state index is 12.4. The third kappa shape index (κ3) is 5.76. The third-order valence-electron chi connectivity index (χ3n) is 4.37. The third-order valence-corrected chi connectivity index (χ3v) is 5.29. The zero-order chi connectivity index (χ0) is 22.9. The molecule has 0 atom stereocenters. The largest absolute Gasteiger partial charge is 0.497 e. The van der Waals surface area contributed by atoms with Crippen LogP contribution in [0.2, 0.25) is 0 Å². The number of carbonyl (C=O) groups excluding carboxylic acids is 2. The number of thioether (sulfide) groups is 1. The van der Waals surface area contributed by atoms with Crippen molar-refractivity contribution in [2.24, 2.45) is 0 Å². The highest BCUT2D eigenvalue weighted by Gasteiger charge is 2.15. The predicted molar refractivity (Wildman–Crippen MR) is 122 cm³/mol. The Labute approximate surface area is 190 Å². The SMILES string of the molecule is CCOC(=O)c1ccccc1NC(=O)CSc1ccc(-c2cc(OC)ccc2OC)nn1. The number of nitrogens with one attached hydrogen (secondary N) is 1. The Balaban J connectivity index is 1.64. The van der Waals surface area contributed by atoms with Gasteiger partial charge in [0.1, 0.15) is 16.5 Å². The first-order valence-corrected chi connectivity index (χ1v) is 10.8. The molecule has 0 saturated heterocycles. The van der Waals surface area contributed by atoms with Crippen LogP contribution >= 0.6 is 11.8 Å². The first-order chi connectivity index (χ1) is 15.5. The van der Waals surface area contributed by atoms with Crippen LogP contribution in [0.15, 0.2) is 59.6 Å². The van der Waals surface area contributed by atoms with Crippen molar-refractivity contribution in [3.8, 4) is 22.8 Å². The quantitative estimate of drug-likeness (QED) is 0.382. The zero-order valence-electron chi connectivity index (χ0n) is 18.0. The molecule has 32 heavy (non-hydrogen) atoms. The van der Waals surface area contributed by atoms with Gasteiger partial charge in [-0.25, -0.2) is 4.79 Å². The molecule has 0 radical (unpaired) electrons. The fourth-order valence-electron chi connectivity index (χ4n) is 2.86. The molecule has 0 spiro atoms. The van der Waals surface area contributed by atoms with Crippen molar-refractivity contribution in [2.75, 3.05) is 31.9 Å². The molecular formula is C23H23N3O5S. The predicted octanol–water partition coefficient (Wildman–Crippen LogP) is 4.07. The lowest BCUT2D eigenvalue weighted by molar-refractivity contribution is -0.113. The molecule has 0 saturated carbocycles. The van der Waals surface area contributed by atoms with Gasteiger partial charge in [0.05, 0.1) is 43.5 Å². The van der Waals surface area contributed by atoms with Crippen molar-refractivity contribution >= 4 is 29.3 Å². The number of amides is 1. The number of hydrogen-bond donors (Lipinski definition) is 1. The Bertz CT molecular complexity index is 1090. The topological polar surface area (TPSA) is 99.6 Å². The molecule has 1 N–H and O–H groups in total. The summed E-state index contributed by atoms with van der Waals surface area (Å²) < 4.78 is 15.7. The molecule has 0 aliphatic heterocycles. The highest BCUT2D eigenvalue weighted by Crippen LogP contribution is 2.32. The number of nitrogens with zero attached hydrogens (tertiary/aromatic N) is 2. The summed E-state index contributed by atoms with van der Waals surface area (Å²) in [6.45, 7) is 1.99. The van der Waals surface area contributed by atoms with Gasteiger partial charge in [-0.3, -0.25) is 4.79 Å². The lowest BCUT2D eigenvalue weighted by Crippen LogP contribution is -2.17. The van der Waals surface area contributed by atoms with Crippen LogP contribution in [0.1, 0.15) is 17.3 Å². The molecule has 1 heterocycles. The minimum absolute atomic E-state index is 0.105. The first-order valence-electron chi connectivity index (χ1n) is 9.80. The molecule has 8 nitrogen and oxygen atoms in total. The minimum atomic E-state index is -0.481. The molecule has 9 heteroatoms. The van der Waals surface area contributed by atoms with Gasteiger partial charge in [-0.1, -0.05) is 23.9 Å². The summed E-state index contributed by atoms with van der Waals surface area (Å²) in [5.74, 6) is 0.687. The number of benzene rings is 2. The Hall–Kier alpha value is -3.59. The molecule has 1 amide bonds. The molecule has 1 aromatic heterocycles. The van der Waals surface area contributed by atoms with Crippen molar-refractivity contribution in [3.63, 3.8) is 0 Å². The van der Waals surface area contributed by atoms with Gasteiger partial charge >= 0.3 is 5.97 Å². The van der Waals surface area contributed by atoms with E-state index in [9.17, 15) is 9.59 Å². The van der Waals surface area contributed by atoms with Crippen LogP contribution in [0.4, 0.5) is 5.69 Å². The summed E-state index contributed by atoms with van der Waals surface area (Å²) in [5.41, 5.74) is 2.09. The van der Waals surface area contributed by atoms with E-state index >= 15 is 0 Å². The Kier molecular flexibility index (Phi) is 8.04. The van der Waals surface area contributed by atoms with Crippen LogP contribution < -0.4 is 14.8 Å². The second-order valence-corrected chi connectivity index (χ2v) is 7.42. The molecule has 3 aromatic rings. The first kappa shape index (κ1) is 23.1. The molecule has 166 valence electrons. The van der Waals surface area contributed by atoms with E-state index in [4.69, 9.17) is 14.2 Å². The van der Waals surface area contributed by atoms with Crippen molar-refractivity contribution < 1.29 is 23.8 Å².